The normalized spacial score (nSPS) is 10.4. The molecule has 0 aliphatic carbocycles. The molecule has 4 nitrogen and oxygen atoms in total. The number of hydrogen-bond donors (Lipinski definition) is 2. The molecule has 5 heteroatoms. The summed E-state index contributed by atoms with van der Waals surface area (Å²) in [6.07, 6.45) is 1.40. The third-order valence-electron chi connectivity index (χ3n) is 1.80. The Labute approximate surface area is 88.5 Å². The molecule has 0 aliphatic heterocycles. The number of phenolic OH excluding ortho intramolecular Hbond substituents is 1. The summed E-state index contributed by atoms with van der Waals surface area (Å²) >= 11 is 3.24. The average molecular weight is 255 g/mol. The van der Waals surface area contributed by atoms with Gasteiger partial charge in [-0.05, 0) is 18.2 Å². The van der Waals surface area contributed by atoms with Crippen LogP contribution in [0.1, 0.15) is 0 Å². The van der Waals surface area contributed by atoms with E-state index in [1.165, 1.54) is 6.20 Å². The predicted molar refractivity (Wildman–Crippen MR) is 55.7 cm³/mol. The number of aromatic nitrogens is 1. The SMILES string of the molecule is Nc1cnoc1-c1ccc(Br)cc1O. The van der Waals surface area contributed by atoms with Crippen LogP contribution in [0.2, 0.25) is 0 Å². The molecule has 3 N–H and O–H groups in total. The Balaban J connectivity index is 2.58. The number of halogens is 1. The summed E-state index contributed by atoms with van der Waals surface area (Å²) in [6, 6.07) is 5.06. The molecule has 0 radical (unpaired) electrons. The van der Waals surface area contributed by atoms with Crippen LogP contribution >= 0.6 is 15.9 Å². The highest BCUT2D eigenvalue weighted by Crippen LogP contribution is 2.34. The Morgan fingerprint density at radius 2 is 2.21 bits per heavy atom. The van der Waals surface area contributed by atoms with Crippen molar-refractivity contribution in [3.8, 4) is 17.1 Å². The molecule has 0 atom stereocenters. The van der Waals surface area contributed by atoms with Gasteiger partial charge in [-0.25, -0.2) is 0 Å². The minimum Gasteiger partial charge on any atom is -0.507 e. The van der Waals surface area contributed by atoms with Crippen LogP contribution in [0.4, 0.5) is 5.69 Å². The van der Waals surface area contributed by atoms with E-state index in [2.05, 4.69) is 21.1 Å². The molecule has 1 heterocycles. The number of phenols is 1. The molecule has 2 rings (SSSR count). The van der Waals surface area contributed by atoms with Crippen molar-refractivity contribution in [2.24, 2.45) is 0 Å². The number of aromatic hydroxyl groups is 1. The molecule has 0 spiro atoms. The first kappa shape index (κ1) is 9.08. The number of hydrogen-bond acceptors (Lipinski definition) is 4. The summed E-state index contributed by atoms with van der Waals surface area (Å²) in [7, 11) is 0. The standard InChI is InChI=1S/C9H7BrN2O2/c10-5-1-2-6(8(13)3-5)9-7(11)4-12-14-9/h1-4,13H,11H2. The third kappa shape index (κ3) is 1.46. The van der Waals surface area contributed by atoms with Crippen LogP contribution in [0.25, 0.3) is 11.3 Å². The predicted octanol–water partition coefficient (Wildman–Crippen LogP) is 2.39. The Bertz CT molecular complexity index is 468. The van der Waals surface area contributed by atoms with Gasteiger partial charge < -0.3 is 15.4 Å². The molecule has 0 bridgehead atoms. The van der Waals surface area contributed by atoms with Gasteiger partial charge in [0.05, 0.1) is 11.8 Å². The summed E-state index contributed by atoms with van der Waals surface area (Å²) < 4.78 is 5.71. The van der Waals surface area contributed by atoms with Crippen molar-refractivity contribution >= 4 is 21.6 Å². The van der Waals surface area contributed by atoms with Crippen molar-refractivity contribution in [3.63, 3.8) is 0 Å². The van der Waals surface area contributed by atoms with E-state index in [-0.39, 0.29) is 5.75 Å². The van der Waals surface area contributed by atoms with E-state index < -0.39 is 0 Å². The van der Waals surface area contributed by atoms with Crippen molar-refractivity contribution in [1.82, 2.24) is 5.16 Å². The van der Waals surface area contributed by atoms with Crippen LogP contribution in [-0.2, 0) is 0 Å². The summed E-state index contributed by atoms with van der Waals surface area (Å²) in [5.41, 5.74) is 6.54. The van der Waals surface area contributed by atoms with Gasteiger partial charge in [0.15, 0.2) is 5.76 Å². The number of rotatable bonds is 1. The second kappa shape index (κ2) is 3.34. The van der Waals surface area contributed by atoms with Gasteiger partial charge in [-0.1, -0.05) is 21.1 Å². The zero-order valence-electron chi connectivity index (χ0n) is 7.07. The second-order valence-corrected chi connectivity index (χ2v) is 3.69. The van der Waals surface area contributed by atoms with Crippen LogP contribution in [0.5, 0.6) is 5.75 Å². The number of nitrogen functional groups attached to an aromatic ring is 1. The molecule has 1 aromatic heterocycles. The zero-order valence-corrected chi connectivity index (χ0v) is 8.65. The van der Waals surface area contributed by atoms with Gasteiger partial charge in [-0.3, -0.25) is 0 Å². The molecule has 0 unspecified atom stereocenters. The van der Waals surface area contributed by atoms with E-state index in [0.717, 1.165) is 4.47 Å². The molecule has 0 amide bonds. The highest BCUT2D eigenvalue weighted by molar-refractivity contribution is 9.10. The number of nitrogens with zero attached hydrogens (tertiary/aromatic N) is 1. The lowest BCUT2D eigenvalue weighted by Gasteiger charge is -2.01. The van der Waals surface area contributed by atoms with Crippen molar-refractivity contribution in [3.05, 3.63) is 28.9 Å². The van der Waals surface area contributed by atoms with Gasteiger partial charge in [0, 0.05) is 4.47 Å². The Kier molecular flexibility index (Phi) is 2.17. The molecule has 72 valence electrons. The van der Waals surface area contributed by atoms with E-state index in [1.54, 1.807) is 18.2 Å². The number of nitrogens with two attached hydrogens (primary N) is 1. The topological polar surface area (TPSA) is 72.3 Å². The maximum atomic E-state index is 9.61. The Morgan fingerprint density at radius 1 is 1.43 bits per heavy atom. The van der Waals surface area contributed by atoms with Crippen LogP contribution in [0, 0.1) is 0 Å². The molecular weight excluding hydrogens is 248 g/mol. The van der Waals surface area contributed by atoms with E-state index in [9.17, 15) is 5.11 Å². The first-order chi connectivity index (χ1) is 6.68. The van der Waals surface area contributed by atoms with Crippen molar-refractivity contribution in [1.29, 1.82) is 0 Å². The molecule has 0 saturated heterocycles. The minimum atomic E-state index is 0.0998. The van der Waals surface area contributed by atoms with Crippen LogP contribution < -0.4 is 5.73 Å². The highest BCUT2D eigenvalue weighted by atomic mass is 79.9. The van der Waals surface area contributed by atoms with Gasteiger partial charge in [-0.15, -0.1) is 0 Å². The average Bonchev–Trinajstić information content (AvgIpc) is 2.52. The monoisotopic (exact) mass is 254 g/mol. The highest BCUT2D eigenvalue weighted by Gasteiger charge is 2.12. The molecule has 0 saturated carbocycles. The van der Waals surface area contributed by atoms with E-state index in [0.29, 0.717) is 17.0 Å². The summed E-state index contributed by atoms with van der Waals surface area (Å²) in [6.45, 7) is 0. The number of anilines is 1. The molecule has 0 fully saturated rings. The molecule has 14 heavy (non-hydrogen) atoms. The first-order valence-electron chi connectivity index (χ1n) is 3.87. The summed E-state index contributed by atoms with van der Waals surface area (Å²) in [5.74, 6) is 0.484. The van der Waals surface area contributed by atoms with Crippen molar-refractivity contribution < 1.29 is 9.63 Å². The first-order valence-corrected chi connectivity index (χ1v) is 4.67. The number of benzene rings is 1. The van der Waals surface area contributed by atoms with E-state index in [4.69, 9.17) is 10.3 Å². The largest absolute Gasteiger partial charge is 0.507 e. The van der Waals surface area contributed by atoms with Gasteiger partial charge in [0.25, 0.3) is 0 Å². The Hall–Kier alpha value is -1.49. The molecule has 0 aliphatic rings. The maximum Gasteiger partial charge on any atom is 0.193 e. The minimum absolute atomic E-state index is 0.0998. The van der Waals surface area contributed by atoms with Crippen molar-refractivity contribution in [2.75, 3.05) is 5.73 Å². The lowest BCUT2D eigenvalue weighted by molar-refractivity contribution is 0.426. The zero-order chi connectivity index (χ0) is 10.1. The maximum absolute atomic E-state index is 9.61. The van der Waals surface area contributed by atoms with Gasteiger partial charge in [0.2, 0.25) is 0 Å². The van der Waals surface area contributed by atoms with E-state index >= 15 is 0 Å². The van der Waals surface area contributed by atoms with Gasteiger partial charge >= 0.3 is 0 Å². The fourth-order valence-corrected chi connectivity index (χ4v) is 1.50. The van der Waals surface area contributed by atoms with E-state index in [1.807, 2.05) is 0 Å². The van der Waals surface area contributed by atoms with Crippen LogP contribution in [0.3, 0.4) is 0 Å². The van der Waals surface area contributed by atoms with Crippen LogP contribution in [-0.4, -0.2) is 10.3 Å². The molecule has 1 aromatic carbocycles. The Morgan fingerprint density at radius 3 is 2.79 bits per heavy atom. The van der Waals surface area contributed by atoms with Crippen molar-refractivity contribution in [2.45, 2.75) is 0 Å². The molecule has 2 aromatic rings. The summed E-state index contributed by atoms with van der Waals surface area (Å²) in [4.78, 5) is 0. The third-order valence-corrected chi connectivity index (χ3v) is 2.30. The smallest absolute Gasteiger partial charge is 0.193 e. The van der Waals surface area contributed by atoms with Gasteiger partial charge in [0.1, 0.15) is 11.4 Å². The summed E-state index contributed by atoms with van der Waals surface area (Å²) in [5, 5.41) is 13.2. The lowest BCUT2D eigenvalue weighted by Crippen LogP contribution is -1.85. The molecular formula is C9H7BrN2O2. The lowest BCUT2D eigenvalue weighted by atomic mass is 10.1. The fraction of sp³-hybridized carbons (Fsp3) is 0. The fourth-order valence-electron chi connectivity index (χ4n) is 1.15. The van der Waals surface area contributed by atoms with Crippen LogP contribution in [0.15, 0.2) is 33.4 Å². The van der Waals surface area contributed by atoms with Gasteiger partial charge in [-0.2, -0.15) is 0 Å². The quantitative estimate of drug-likeness (QED) is 0.820. The second-order valence-electron chi connectivity index (χ2n) is 2.77.